The third-order valence-electron chi connectivity index (χ3n) is 4.60. The minimum atomic E-state index is -0.483. The van der Waals surface area contributed by atoms with Gasteiger partial charge in [0.2, 0.25) is 0 Å². The molecule has 0 saturated carbocycles. The van der Waals surface area contributed by atoms with Gasteiger partial charge in [-0.2, -0.15) is 0 Å². The van der Waals surface area contributed by atoms with Gasteiger partial charge in [-0.25, -0.2) is 0 Å². The second-order valence-electron chi connectivity index (χ2n) is 6.90. The fourth-order valence-corrected chi connectivity index (χ4v) is 3.56. The highest BCUT2D eigenvalue weighted by Gasteiger charge is 2.45. The van der Waals surface area contributed by atoms with Crippen LogP contribution in [0.4, 0.5) is 5.69 Å². The number of benzene rings is 2. The number of carbonyl (C=O) groups is 2. The first kappa shape index (κ1) is 14.8. The number of hydrogen-bond donors (Lipinski definition) is 1. The maximum Gasteiger partial charge on any atom is 0.262 e. The Hall–Kier alpha value is -2.82. The van der Waals surface area contributed by atoms with Gasteiger partial charge < -0.3 is 10.5 Å². The third kappa shape index (κ3) is 2.08. The van der Waals surface area contributed by atoms with Crippen molar-refractivity contribution in [3.05, 3.63) is 59.2 Å². The van der Waals surface area contributed by atoms with Gasteiger partial charge in [-0.1, -0.05) is 12.1 Å². The van der Waals surface area contributed by atoms with E-state index in [-0.39, 0.29) is 17.9 Å². The molecule has 2 aromatic carbocycles. The van der Waals surface area contributed by atoms with Crippen LogP contribution in [0, 0.1) is 0 Å². The standard InChI is InChI=1S/C19H18N2O3/c1-19(2)10-15(14-9-11(20)7-8-16(14)24-19)21-17(22)12-5-3-4-6-13(12)18(21)23/h3-9,15H,10,20H2,1-2H3. The maximum atomic E-state index is 12.8. The van der Waals surface area contributed by atoms with Crippen LogP contribution in [0.5, 0.6) is 5.75 Å². The van der Waals surface area contributed by atoms with E-state index in [0.29, 0.717) is 29.0 Å². The molecule has 2 heterocycles. The van der Waals surface area contributed by atoms with Crippen molar-refractivity contribution in [2.45, 2.75) is 31.9 Å². The molecule has 2 amide bonds. The van der Waals surface area contributed by atoms with Gasteiger partial charge in [0.15, 0.2) is 0 Å². The number of rotatable bonds is 1. The van der Waals surface area contributed by atoms with Crippen molar-refractivity contribution in [3.8, 4) is 5.75 Å². The fraction of sp³-hybridized carbons (Fsp3) is 0.263. The van der Waals surface area contributed by atoms with Crippen LogP contribution in [0.3, 0.4) is 0 Å². The summed E-state index contributed by atoms with van der Waals surface area (Å²) in [6.45, 7) is 3.91. The summed E-state index contributed by atoms with van der Waals surface area (Å²) in [7, 11) is 0. The largest absolute Gasteiger partial charge is 0.487 e. The molecule has 2 aliphatic rings. The molecule has 122 valence electrons. The third-order valence-corrected chi connectivity index (χ3v) is 4.60. The second kappa shape index (κ2) is 4.84. The van der Waals surface area contributed by atoms with Gasteiger partial charge in [-0.3, -0.25) is 14.5 Å². The van der Waals surface area contributed by atoms with Crippen LogP contribution in [0.25, 0.3) is 0 Å². The lowest BCUT2D eigenvalue weighted by Gasteiger charge is -2.40. The van der Waals surface area contributed by atoms with Crippen molar-refractivity contribution < 1.29 is 14.3 Å². The van der Waals surface area contributed by atoms with Crippen molar-refractivity contribution in [1.82, 2.24) is 4.90 Å². The van der Waals surface area contributed by atoms with Gasteiger partial charge in [0, 0.05) is 17.7 Å². The van der Waals surface area contributed by atoms with Crippen LogP contribution in [0.2, 0.25) is 0 Å². The van der Waals surface area contributed by atoms with Crippen LogP contribution in [-0.2, 0) is 0 Å². The van der Waals surface area contributed by atoms with Crippen molar-refractivity contribution in [1.29, 1.82) is 0 Å². The van der Waals surface area contributed by atoms with E-state index >= 15 is 0 Å². The Balaban J connectivity index is 1.84. The summed E-state index contributed by atoms with van der Waals surface area (Å²) < 4.78 is 6.01. The molecule has 1 atom stereocenters. The van der Waals surface area contributed by atoms with Crippen LogP contribution in [0.15, 0.2) is 42.5 Å². The summed E-state index contributed by atoms with van der Waals surface area (Å²) in [5, 5.41) is 0. The van der Waals surface area contributed by atoms with Crippen LogP contribution < -0.4 is 10.5 Å². The zero-order valence-corrected chi connectivity index (χ0v) is 13.6. The van der Waals surface area contributed by atoms with Gasteiger partial charge in [0.1, 0.15) is 11.4 Å². The lowest BCUT2D eigenvalue weighted by atomic mass is 9.88. The Bertz CT molecular complexity index is 838. The van der Waals surface area contributed by atoms with E-state index in [4.69, 9.17) is 10.5 Å². The molecule has 24 heavy (non-hydrogen) atoms. The average Bonchev–Trinajstić information content (AvgIpc) is 2.79. The average molecular weight is 322 g/mol. The van der Waals surface area contributed by atoms with E-state index in [0.717, 1.165) is 5.56 Å². The summed E-state index contributed by atoms with van der Waals surface area (Å²) in [6, 6.07) is 11.9. The number of imide groups is 1. The lowest BCUT2D eigenvalue weighted by molar-refractivity contribution is 0.0276. The molecule has 5 heteroatoms. The molecule has 0 bridgehead atoms. The molecule has 0 radical (unpaired) electrons. The molecule has 1 unspecified atom stereocenters. The number of ether oxygens (including phenoxy) is 1. The van der Waals surface area contributed by atoms with Gasteiger partial charge in [-0.15, -0.1) is 0 Å². The van der Waals surface area contributed by atoms with E-state index in [9.17, 15) is 9.59 Å². The number of nitrogens with two attached hydrogens (primary N) is 1. The normalized spacial score (nSPS) is 21.2. The maximum absolute atomic E-state index is 12.8. The van der Waals surface area contributed by atoms with E-state index in [1.54, 1.807) is 42.5 Å². The highest BCUT2D eigenvalue weighted by molar-refractivity contribution is 6.21. The molecule has 0 fully saturated rings. The van der Waals surface area contributed by atoms with Gasteiger partial charge in [-0.05, 0) is 44.2 Å². The van der Waals surface area contributed by atoms with Crippen molar-refractivity contribution >= 4 is 17.5 Å². The van der Waals surface area contributed by atoms with E-state index in [1.807, 2.05) is 13.8 Å². The molecule has 0 saturated heterocycles. The van der Waals surface area contributed by atoms with Crippen LogP contribution in [-0.4, -0.2) is 22.3 Å². The Morgan fingerprint density at radius 2 is 1.71 bits per heavy atom. The van der Waals surface area contributed by atoms with Crippen molar-refractivity contribution in [3.63, 3.8) is 0 Å². The predicted octanol–water partition coefficient (Wildman–Crippen LogP) is 3.17. The van der Waals surface area contributed by atoms with Crippen molar-refractivity contribution in [2.75, 3.05) is 5.73 Å². The molecule has 0 spiro atoms. The summed E-state index contributed by atoms with van der Waals surface area (Å²) in [5.41, 5.74) is 7.71. The molecule has 0 aliphatic carbocycles. The quantitative estimate of drug-likeness (QED) is 0.646. The van der Waals surface area contributed by atoms with Crippen molar-refractivity contribution in [2.24, 2.45) is 0 Å². The number of carbonyl (C=O) groups excluding carboxylic acids is 2. The Morgan fingerprint density at radius 3 is 2.33 bits per heavy atom. The lowest BCUT2D eigenvalue weighted by Crippen LogP contribution is -2.43. The van der Waals surface area contributed by atoms with Crippen LogP contribution in [0.1, 0.15) is 52.6 Å². The molecule has 2 N–H and O–H groups in total. The number of nitrogen functional groups attached to an aromatic ring is 1. The first-order chi connectivity index (χ1) is 11.4. The molecule has 5 nitrogen and oxygen atoms in total. The SMILES string of the molecule is CC1(C)CC(N2C(=O)c3ccccc3C2=O)c2cc(N)ccc2O1. The molecular formula is C19H18N2O3. The fourth-order valence-electron chi connectivity index (χ4n) is 3.56. The summed E-state index contributed by atoms with van der Waals surface area (Å²) in [5.74, 6) is 0.153. The smallest absolute Gasteiger partial charge is 0.262 e. The molecular weight excluding hydrogens is 304 g/mol. The van der Waals surface area contributed by atoms with E-state index in [1.165, 1.54) is 4.90 Å². The van der Waals surface area contributed by atoms with E-state index in [2.05, 4.69) is 0 Å². The molecule has 2 aromatic rings. The number of anilines is 1. The summed E-state index contributed by atoms with van der Waals surface area (Å²) >= 11 is 0. The van der Waals surface area contributed by atoms with Gasteiger partial charge in [0.05, 0.1) is 17.2 Å². The molecule has 0 aromatic heterocycles. The summed E-state index contributed by atoms with van der Waals surface area (Å²) in [6.07, 6.45) is 0.523. The topological polar surface area (TPSA) is 72.6 Å². The number of fused-ring (bicyclic) bond motifs is 2. The molecule has 4 rings (SSSR count). The second-order valence-corrected chi connectivity index (χ2v) is 6.90. The Kier molecular flexibility index (Phi) is 2.97. The number of amides is 2. The summed E-state index contributed by atoms with van der Waals surface area (Å²) in [4.78, 5) is 27.0. The van der Waals surface area contributed by atoms with Gasteiger partial charge >= 0.3 is 0 Å². The molecule has 2 aliphatic heterocycles. The zero-order chi connectivity index (χ0) is 17.1. The van der Waals surface area contributed by atoms with Crippen LogP contribution >= 0.6 is 0 Å². The van der Waals surface area contributed by atoms with E-state index < -0.39 is 5.60 Å². The minimum Gasteiger partial charge on any atom is -0.487 e. The first-order valence-electron chi connectivity index (χ1n) is 7.93. The Morgan fingerprint density at radius 1 is 1.08 bits per heavy atom. The monoisotopic (exact) mass is 322 g/mol. The zero-order valence-electron chi connectivity index (χ0n) is 13.6. The highest BCUT2D eigenvalue weighted by Crippen LogP contribution is 2.45. The Labute approximate surface area is 140 Å². The minimum absolute atomic E-state index is 0.258. The first-order valence-corrected chi connectivity index (χ1v) is 7.93. The highest BCUT2D eigenvalue weighted by atomic mass is 16.5. The number of nitrogens with zero attached hydrogens (tertiary/aromatic N) is 1. The predicted molar refractivity (Wildman–Crippen MR) is 89.9 cm³/mol. The van der Waals surface area contributed by atoms with Gasteiger partial charge in [0.25, 0.3) is 11.8 Å². The number of hydrogen-bond acceptors (Lipinski definition) is 4.